The molecular formula is C15H18N2O. The Hall–Kier alpha value is -1.90. The fourth-order valence-corrected chi connectivity index (χ4v) is 1.81. The Morgan fingerprint density at radius 2 is 1.94 bits per heavy atom. The van der Waals surface area contributed by atoms with Crippen LogP contribution >= 0.6 is 0 Å². The predicted molar refractivity (Wildman–Crippen MR) is 71.7 cm³/mol. The number of ketones is 1. The molecule has 0 bridgehead atoms. The third-order valence-corrected chi connectivity index (χ3v) is 2.90. The standard InChI is InChI=1S/C15H18N2O/c1-12(2)17-11-10-14(16-17)8-9-15(18)13-6-4-3-5-7-13/h3-7,10-12H,8-9H2,1-2H3. The third kappa shape index (κ3) is 3.06. The van der Waals surface area contributed by atoms with Gasteiger partial charge in [-0.25, -0.2) is 0 Å². The van der Waals surface area contributed by atoms with Gasteiger partial charge in [0.2, 0.25) is 0 Å². The van der Waals surface area contributed by atoms with Gasteiger partial charge in [-0.3, -0.25) is 9.48 Å². The molecule has 18 heavy (non-hydrogen) atoms. The Bertz CT molecular complexity index is 514. The highest BCUT2D eigenvalue weighted by atomic mass is 16.1. The van der Waals surface area contributed by atoms with Crippen molar-refractivity contribution in [3.8, 4) is 0 Å². The van der Waals surface area contributed by atoms with Crippen LogP contribution in [-0.4, -0.2) is 15.6 Å². The Kier molecular flexibility index (Phi) is 3.92. The van der Waals surface area contributed by atoms with Crippen molar-refractivity contribution >= 4 is 5.78 Å². The van der Waals surface area contributed by atoms with Crippen molar-refractivity contribution in [2.45, 2.75) is 32.7 Å². The summed E-state index contributed by atoms with van der Waals surface area (Å²) in [6.07, 6.45) is 3.18. The molecule has 1 heterocycles. The van der Waals surface area contributed by atoms with Crippen molar-refractivity contribution in [1.82, 2.24) is 9.78 Å². The van der Waals surface area contributed by atoms with E-state index in [2.05, 4.69) is 18.9 Å². The van der Waals surface area contributed by atoms with Gasteiger partial charge in [-0.2, -0.15) is 5.10 Å². The topological polar surface area (TPSA) is 34.9 Å². The molecule has 0 atom stereocenters. The SMILES string of the molecule is CC(C)n1ccc(CCC(=O)c2ccccc2)n1. The summed E-state index contributed by atoms with van der Waals surface area (Å²) in [6.45, 7) is 4.18. The van der Waals surface area contributed by atoms with Crippen LogP contribution in [0.15, 0.2) is 42.6 Å². The first-order valence-electron chi connectivity index (χ1n) is 6.29. The zero-order valence-electron chi connectivity index (χ0n) is 10.8. The minimum Gasteiger partial charge on any atom is -0.294 e. The second-order valence-electron chi connectivity index (χ2n) is 4.67. The molecule has 1 aromatic heterocycles. The van der Waals surface area contributed by atoms with Gasteiger partial charge < -0.3 is 0 Å². The molecule has 0 aliphatic rings. The van der Waals surface area contributed by atoms with Gasteiger partial charge in [-0.05, 0) is 26.3 Å². The quantitative estimate of drug-likeness (QED) is 0.754. The lowest BCUT2D eigenvalue weighted by Crippen LogP contribution is -2.04. The number of hydrogen-bond acceptors (Lipinski definition) is 2. The number of benzene rings is 1. The Morgan fingerprint density at radius 1 is 1.22 bits per heavy atom. The molecule has 3 heteroatoms. The lowest BCUT2D eigenvalue weighted by atomic mass is 10.1. The van der Waals surface area contributed by atoms with E-state index in [-0.39, 0.29) is 5.78 Å². The number of hydrogen-bond donors (Lipinski definition) is 0. The zero-order valence-corrected chi connectivity index (χ0v) is 10.8. The van der Waals surface area contributed by atoms with Gasteiger partial charge in [0.05, 0.1) is 5.69 Å². The highest BCUT2D eigenvalue weighted by Crippen LogP contribution is 2.09. The van der Waals surface area contributed by atoms with Gasteiger partial charge in [0, 0.05) is 24.2 Å². The summed E-state index contributed by atoms with van der Waals surface area (Å²) in [5.41, 5.74) is 1.76. The number of aryl methyl sites for hydroxylation is 1. The molecule has 0 amide bonds. The first-order chi connectivity index (χ1) is 8.66. The fourth-order valence-electron chi connectivity index (χ4n) is 1.81. The second kappa shape index (κ2) is 5.63. The average Bonchev–Trinajstić information content (AvgIpc) is 2.86. The van der Waals surface area contributed by atoms with Crippen molar-refractivity contribution in [2.24, 2.45) is 0 Å². The fraction of sp³-hybridized carbons (Fsp3) is 0.333. The monoisotopic (exact) mass is 242 g/mol. The first kappa shape index (κ1) is 12.6. The van der Waals surface area contributed by atoms with Gasteiger partial charge in [0.25, 0.3) is 0 Å². The van der Waals surface area contributed by atoms with Gasteiger partial charge in [0.15, 0.2) is 5.78 Å². The molecule has 0 unspecified atom stereocenters. The molecule has 0 aliphatic carbocycles. The lowest BCUT2D eigenvalue weighted by Gasteiger charge is -2.03. The minimum atomic E-state index is 0.176. The molecule has 0 saturated heterocycles. The molecule has 94 valence electrons. The van der Waals surface area contributed by atoms with Gasteiger partial charge in [-0.15, -0.1) is 0 Å². The van der Waals surface area contributed by atoms with Gasteiger partial charge >= 0.3 is 0 Å². The van der Waals surface area contributed by atoms with Crippen LogP contribution in [0.2, 0.25) is 0 Å². The third-order valence-electron chi connectivity index (χ3n) is 2.90. The highest BCUT2D eigenvalue weighted by molar-refractivity contribution is 5.96. The van der Waals surface area contributed by atoms with E-state index in [0.29, 0.717) is 18.9 Å². The number of nitrogens with zero attached hydrogens (tertiary/aromatic N) is 2. The Morgan fingerprint density at radius 3 is 2.56 bits per heavy atom. The zero-order chi connectivity index (χ0) is 13.0. The van der Waals surface area contributed by atoms with Crippen LogP contribution in [0, 0.1) is 0 Å². The number of rotatable bonds is 5. The van der Waals surface area contributed by atoms with E-state index in [9.17, 15) is 4.79 Å². The van der Waals surface area contributed by atoms with Crippen LogP contribution in [0.4, 0.5) is 0 Å². The first-order valence-corrected chi connectivity index (χ1v) is 6.29. The van der Waals surface area contributed by atoms with Crippen molar-refractivity contribution in [1.29, 1.82) is 0 Å². The van der Waals surface area contributed by atoms with E-state index in [0.717, 1.165) is 11.3 Å². The molecular weight excluding hydrogens is 224 g/mol. The smallest absolute Gasteiger partial charge is 0.163 e. The van der Waals surface area contributed by atoms with Crippen LogP contribution in [0.5, 0.6) is 0 Å². The van der Waals surface area contributed by atoms with Crippen molar-refractivity contribution in [2.75, 3.05) is 0 Å². The Labute approximate surface area is 107 Å². The van der Waals surface area contributed by atoms with Crippen LogP contribution in [-0.2, 0) is 6.42 Å². The maximum atomic E-state index is 11.9. The summed E-state index contributed by atoms with van der Waals surface area (Å²) in [4.78, 5) is 11.9. The van der Waals surface area contributed by atoms with E-state index < -0.39 is 0 Å². The second-order valence-corrected chi connectivity index (χ2v) is 4.67. The summed E-state index contributed by atoms with van der Waals surface area (Å²) in [5, 5.41) is 4.44. The molecule has 0 aliphatic heterocycles. The summed E-state index contributed by atoms with van der Waals surface area (Å²) in [6, 6.07) is 11.8. The molecule has 0 saturated carbocycles. The molecule has 0 fully saturated rings. The molecule has 2 aromatic rings. The number of carbonyl (C=O) groups excluding carboxylic acids is 1. The maximum Gasteiger partial charge on any atom is 0.163 e. The number of Topliss-reactive ketones (excluding diaryl/α,β-unsaturated/α-hetero) is 1. The molecule has 0 radical (unpaired) electrons. The van der Waals surface area contributed by atoms with Gasteiger partial charge in [-0.1, -0.05) is 30.3 Å². The van der Waals surface area contributed by atoms with E-state index in [4.69, 9.17) is 0 Å². The van der Waals surface area contributed by atoms with Crippen molar-refractivity contribution in [3.63, 3.8) is 0 Å². The number of carbonyl (C=O) groups is 1. The van der Waals surface area contributed by atoms with E-state index >= 15 is 0 Å². The molecule has 1 aromatic carbocycles. The van der Waals surface area contributed by atoms with E-state index in [1.165, 1.54) is 0 Å². The minimum absolute atomic E-state index is 0.176. The van der Waals surface area contributed by atoms with E-state index in [1.54, 1.807) is 0 Å². The Balaban J connectivity index is 1.93. The van der Waals surface area contributed by atoms with Crippen LogP contribution < -0.4 is 0 Å². The maximum absolute atomic E-state index is 11.9. The molecule has 0 N–H and O–H groups in total. The van der Waals surface area contributed by atoms with Gasteiger partial charge in [0.1, 0.15) is 0 Å². The van der Waals surface area contributed by atoms with Crippen molar-refractivity contribution < 1.29 is 4.79 Å². The predicted octanol–water partition coefficient (Wildman–Crippen LogP) is 3.28. The van der Waals surface area contributed by atoms with Crippen LogP contribution in [0.1, 0.15) is 42.4 Å². The highest BCUT2D eigenvalue weighted by Gasteiger charge is 2.07. The molecule has 3 nitrogen and oxygen atoms in total. The summed E-state index contributed by atoms with van der Waals surface area (Å²) < 4.78 is 1.92. The normalized spacial score (nSPS) is 10.8. The lowest BCUT2D eigenvalue weighted by molar-refractivity contribution is 0.0982. The van der Waals surface area contributed by atoms with Crippen LogP contribution in [0.25, 0.3) is 0 Å². The summed E-state index contributed by atoms with van der Waals surface area (Å²) in [7, 11) is 0. The average molecular weight is 242 g/mol. The molecule has 0 spiro atoms. The summed E-state index contributed by atoms with van der Waals surface area (Å²) >= 11 is 0. The molecule has 2 rings (SSSR count). The van der Waals surface area contributed by atoms with Crippen molar-refractivity contribution in [3.05, 3.63) is 53.9 Å². The van der Waals surface area contributed by atoms with Crippen LogP contribution in [0.3, 0.4) is 0 Å². The van der Waals surface area contributed by atoms with E-state index in [1.807, 2.05) is 47.3 Å². The largest absolute Gasteiger partial charge is 0.294 e. The summed E-state index contributed by atoms with van der Waals surface area (Å²) in [5.74, 6) is 0.176. The number of aromatic nitrogens is 2.